The van der Waals surface area contributed by atoms with E-state index in [4.69, 9.17) is 4.74 Å². The van der Waals surface area contributed by atoms with Crippen molar-refractivity contribution in [2.75, 3.05) is 0 Å². The van der Waals surface area contributed by atoms with E-state index in [9.17, 15) is 4.79 Å². The molecule has 1 aromatic heterocycles. The Labute approximate surface area is 122 Å². The average Bonchev–Trinajstić information content (AvgIpc) is 2.52. The molecule has 0 aliphatic rings. The van der Waals surface area contributed by atoms with E-state index < -0.39 is 0 Å². The van der Waals surface area contributed by atoms with Gasteiger partial charge in [-0.15, -0.1) is 0 Å². The number of aromatic nitrogens is 2. The third-order valence-electron chi connectivity index (χ3n) is 3.16. The zero-order valence-corrected chi connectivity index (χ0v) is 11.6. The van der Waals surface area contributed by atoms with Crippen LogP contribution in [0, 0.1) is 6.92 Å². The maximum Gasteiger partial charge on any atom is 0.338 e. The molecule has 0 aliphatic heterocycles. The van der Waals surface area contributed by atoms with Gasteiger partial charge in [-0.25, -0.2) is 4.79 Å². The van der Waals surface area contributed by atoms with E-state index in [1.165, 1.54) is 0 Å². The third-order valence-corrected chi connectivity index (χ3v) is 3.16. The predicted octanol–water partition coefficient (Wildman–Crippen LogP) is 3.30. The van der Waals surface area contributed by atoms with Crippen molar-refractivity contribution in [1.29, 1.82) is 0 Å². The summed E-state index contributed by atoms with van der Waals surface area (Å²) in [5.74, 6) is -0.357. The van der Waals surface area contributed by atoms with Gasteiger partial charge in [-0.3, -0.25) is 9.97 Å². The van der Waals surface area contributed by atoms with Crippen molar-refractivity contribution >= 4 is 17.0 Å². The Bertz CT molecular complexity index is 799. The van der Waals surface area contributed by atoms with E-state index in [2.05, 4.69) is 9.97 Å². The van der Waals surface area contributed by atoms with Crippen LogP contribution in [0.4, 0.5) is 0 Å². The first-order valence-corrected chi connectivity index (χ1v) is 6.66. The lowest BCUT2D eigenvalue weighted by atomic mass is 10.1. The number of nitrogens with zero attached hydrogens (tertiary/aromatic N) is 2. The fraction of sp³-hybridized carbons (Fsp3) is 0.118. The number of ether oxygens (including phenoxy) is 1. The number of benzene rings is 2. The van der Waals surface area contributed by atoms with Gasteiger partial charge in [0, 0.05) is 12.4 Å². The highest BCUT2D eigenvalue weighted by Crippen LogP contribution is 2.13. The molecule has 4 nitrogen and oxygen atoms in total. The summed E-state index contributed by atoms with van der Waals surface area (Å²) in [5, 5.41) is 0. The smallest absolute Gasteiger partial charge is 0.338 e. The number of hydrogen-bond donors (Lipinski definition) is 0. The topological polar surface area (TPSA) is 52.1 Å². The first-order chi connectivity index (χ1) is 10.2. The monoisotopic (exact) mass is 278 g/mol. The molecule has 2 aromatic carbocycles. The number of rotatable bonds is 3. The maximum absolute atomic E-state index is 12.1. The van der Waals surface area contributed by atoms with Gasteiger partial charge in [0.25, 0.3) is 0 Å². The summed E-state index contributed by atoms with van der Waals surface area (Å²) >= 11 is 0. The number of carbonyl (C=O) groups is 1. The Morgan fingerprint density at radius 2 is 1.86 bits per heavy atom. The number of esters is 1. The van der Waals surface area contributed by atoms with E-state index in [0.29, 0.717) is 11.1 Å². The highest BCUT2D eigenvalue weighted by atomic mass is 16.5. The molecular weight excluding hydrogens is 264 g/mol. The maximum atomic E-state index is 12.1. The Kier molecular flexibility index (Phi) is 3.60. The van der Waals surface area contributed by atoms with Crippen LogP contribution in [0.3, 0.4) is 0 Å². The van der Waals surface area contributed by atoms with Gasteiger partial charge in [0.05, 0.1) is 16.6 Å². The molecule has 0 radical (unpaired) electrons. The summed E-state index contributed by atoms with van der Waals surface area (Å²) in [7, 11) is 0. The van der Waals surface area contributed by atoms with Gasteiger partial charge in [0.2, 0.25) is 0 Å². The lowest BCUT2D eigenvalue weighted by molar-refractivity contribution is 0.0473. The van der Waals surface area contributed by atoms with E-state index >= 15 is 0 Å². The molecule has 0 amide bonds. The number of aryl methyl sites for hydroxylation is 1. The lowest BCUT2D eigenvalue weighted by Gasteiger charge is -2.06. The molecule has 0 atom stereocenters. The second-order valence-electron chi connectivity index (χ2n) is 4.83. The van der Waals surface area contributed by atoms with E-state index in [1.807, 2.05) is 31.2 Å². The van der Waals surface area contributed by atoms with Crippen LogP contribution < -0.4 is 0 Å². The summed E-state index contributed by atoms with van der Waals surface area (Å²) in [6.45, 7) is 2.27. The Morgan fingerprint density at radius 3 is 2.67 bits per heavy atom. The average molecular weight is 278 g/mol. The summed E-state index contributed by atoms with van der Waals surface area (Å²) in [6.07, 6.45) is 3.22. The van der Waals surface area contributed by atoms with Crippen molar-refractivity contribution < 1.29 is 9.53 Å². The molecule has 3 aromatic rings. The fourth-order valence-electron chi connectivity index (χ4n) is 2.12. The van der Waals surface area contributed by atoms with Crippen LogP contribution >= 0.6 is 0 Å². The number of carbonyl (C=O) groups excluding carboxylic acids is 1. The van der Waals surface area contributed by atoms with Crippen molar-refractivity contribution in [2.45, 2.75) is 13.5 Å². The van der Waals surface area contributed by atoms with Gasteiger partial charge in [-0.1, -0.05) is 29.8 Å². The standard InChI is InChI=1S/C17H14N2O2/c1-12-3-2-4-13(9-12)11-21-17(20)14-5-6-15-16(10-14)19-8-7-18-15/h2-10H,11H2,1H3. The van der Waals surface area contributed by atoms with Crippen LogP contribution in [0.15, 0.2) is 54.9 Å². The molecule has 0 N–H and O–H groups in total. The summed E-state index contributed by atoms with van der Waals surface area (Å²) in [6, 6.07) is 13.1. The fourth-order valence-corrected chi connectivity index (χ4v) is 2.12. The minimum Gasteiger partial charge on any atom is -0.457 e. The summed E-state index contributed by atoms with van der Waals surface area (Å²) < 4.78 is 5.33. The summed E-state index contributed by atoms with van der Waals surface area (Å²) in [4.78, 5) is 20.4. The highest BCUT2D eigenvalue weighted by molar-refractivity contribution is 5.93. The van der Waals surface area contributed by atoms with Gasteiger partial charge < -0.3 is 4.74 Å². The van der Waals surface area contributed by atoms with Gasteiger partial charge in [0.15, 0.2) is 0 Å². The number of hydrogen-bond acceptors (Lipinski definition) is 4. The molecule has 0 fully saturated rings. The predicted molar refractivity (Wildman–Crippen MR) is 79.8 cm³/mol. The molecule has 0 spiro atoms. The van der Waals surface area contributed by atoms with Crippen LogP contribution in [0.5, 0.6) is 0 Å². The third kappa shape index (κ3) is 3.05. The minimum atomic E-state index is -0.357. The van der Waals surface area contributed by atoms with Crippen molar-refractivity contribution in [1.82, 2.24) is 9.97 Å². The number of fused-ring (bicyclic) bond motifs is 1. The van der Waals surface area contributed by atoms with E-state index in [0.717, 1.165) is 16.6 Å². The largest absolute Gasteiger partial charge is 0.457 e. The van der Waals surface area contributed by atoms with Gasteiger partial charge in [-0.2, -0.15) is 0 Å². The zero-order chi connectivity index (χ0) is 14.7. The van der Waals surface area contributed by atoms with Crippen molar-refractivity contribution in [3.05, 3.63) is 71.5 Å². The van der Waals surface area contributed by atoms with Gasteiger partial charge in [0.1, 0.15) is 6.61 Å². The van der Waals surface area contributed by atoms with Crippen molar-refractivity contribution in [3.8, 4) is 0 Å². The lowest BCUT2D eigenvalue weighted by Crippen LogP contribution is -2.05. The molecule has 0 saturated carbocycles. The normalized spacial score (nSPS) is 10.5. The molecule has 0 aliphatic carbocycles. The van der Waals surface area contributed by atoms with Gasteiger partial charge >= 0.3 is 5.97 Å². The molecule has 0 bridgehead atoms. The molecule has 3 rings (SSSR count). The minimum absolute atomic E-state index is 0.263. The molecule has 1 heterocycles. The quantitative estimate of drug-likeness (QED) is 0.690. The Morgan fingerprint density at radius 1 is 1.05 bits per heavy atom. The second-order valence-corrected chi connectivity index (χ2v) is 4.83. The molecule has 104 valence electrons. The summed E-state index contributed by atoms with van der Waals surface area (Å²) in [5.41, 5.74) is 4.04. The van der Waals surface area contributed by atoms with Crippen LogP contribution in [0.2, 0.25) is 0 Å². The Balaban J connectivity index is 1.74. The molecule has 0 saturated heterocycles. The van der Waals surface area contributed by atoms with Gasteiger partial charge in [-0.05, 0) is 30.7 Å². The highest BCUT2D eigenvalue weighted by Gasteiger charge is 2.09. The van der Waals surface area contributed by atoms with Crippen LogP contribution in [-0.4, -0.2) is 15.9 Å². The first kappa shape index (κ1) is 13.2. The zero-order valence-electron chi connectivity index (χ0n) is 11.6. The molecule has 0 unspecified atom stereocenters. The van der Waals surface area contributed by atoms with Crippen LogP contribution in [-0.2, 0) is 11.3 Å². The molecule has 21 heavy (non-hydrogen) atoms. The second kappa shape index (κ2) is 5.71. The Hall–Kier alpha value is -2.75. The van der Waals surface area contributed by atoms with Crippen molar-refractivity contribution in [2.24, 2.45) is 0 Å². The molecule has 4 heteroatoms. The van der Waals surface area contributed by atoms with Crippen LogP contribution in [0.25, 0.3) is 11.0 Å². The van der Waals surface area contributed by atoms with Crippen LogP contribution in [0.1, 0.15) is 21.5 Å². The first-order valence-electron chi connectivity index (χ1n) is 6.66. The molecular formula is C17H14N2O2. The van der Waals surface area contributed by atoms with E-state index in [-0.39, 0.29) is 12.6 Å². The van der Waals surface area contributed by atoms with Crippen molar-refractivity contribution in [3.63, 3.8) is 0 Å². The van der Waals surface area contributed by atoms with E-state index in [1.54, 1.807) is 30.6 Å². The SMILES string of the molecule is Cc1cccc(COC(=O)c2ccc3nccnc3c2)c1.